The maximum absolute atomic E-state index is 11.0. The lowest BCUT2D eigenvalue weighted by Crippen LogP contribution is -2.00. The average molecular weight is 284 g/mol. The van der Waals surface area contributed by atoms with Gasteiger partial charge in [0.05, 0.1) is 10.0 Å². The smallest absolute Gasteiger partial charge is 0.341 e. The molecule has 1 heterocycles. The number of carbonyl (C=O) groups is 1. The molecule has 0 amide bonds. The zero-order valence-electron chi connectivity index (χ0n) is 8.93. The van der Waals surface area contributed by atoms with E-state index in [1.165, 1.54) is 24.5 Å². The third kappa shape index (κ3) is 2.72. The predicted octanol–water partition coefficient (Wildman–Crippen LogP) is 3.88. The maximum Gasteiger partial charge on any atom is 0.341 e. The van der Waals surface area contributed by atoms with Gasteiger partial charge in [-0.25, -0.2) is 4.79 Å². The largest absolute Gasteiger partial charge is 0.477 e. The van der Waals surface area contributed by atoms with Crippen LogP contribution in [-0.2, 0) is 0 Å². The molecule has 4 nitrogen and oxygen atoms in total. The van der Waals surface area contributed by atoms with Gasteiger partial charge in [0.1, 0.15) is 17.1 Å². The first-order valence-corrected chi connectivity index (χ1v) is 5.63. The van der Waals surface area contributed by atoms with Gasteiger partial charge in [0, 0.05) is 24.5 Å². The monoisotopic (exact) mass is 283 g/mol. The number of rotatable bonds is 3. The minimum atomic E-state index is -1.11. The number of aromatic carboxylic acids is 1. The van der Waals surface area contributed by atoms with Gasteiger partial charge >= 0.3 is 5.97 Å². The van der Waals surface area contributed by atoms with Crippen molar-refractivity contribution in [2.45, 2.75) is 0 Å². The Balaban J connectivity index is 2.34. The summed E-state index contributed by atoms with van der Waals surface area (Å²) < 4.78 is 5.44. The van der Waals surface area contributed by atoms with Crippen molar-refractivity contribution >= 4 is 29.2 Å². The number of pyridine rings is 1. The molecule has 6 heteroatoms. The molecule has 0 aliphatic carbocycles. The Kier molecular flexibility index (Phi) is 3.69. The molecule has 0 fully saturated rings. The number of benzene rings is 1. The van der Waals surface area contributed by atoms with Crippen molar-refractivity contribution in [2.75, 3.05) is 0 Å². The molecule has 1 aromatic carbocycles. The minimum absolute atomic E-state index is 0.0245. The van der Waals surface area contributed by atoms with E-state index in [9.17, 15) is 4.79 Å². The molecule has 2 rings (SSSR count). The summed E-state index contributed by atoms with van der Waals surface area (Å²) in [4.78, 5) is 14.7. The molecule has 0 bridgehead atoms. The predicted molar refractivity (Wildman–Crippen MR) is 67.7 cm³/mol. The summed E-state index contributed by atoms with van der Waals surface area (Å²) >= 11 is 11.6. The van der Waals surface area contributed by atoms with Crippen LogP contribution >= 0.6 is 23.2 Å². The maximum atomic E-state index is 11.0. The molecule has 1 aromatic heterocycles. The summed E-state index contributed by atoms with van der Waals surface area (Å²) in [5.74, 6) is -0.521. The first-order valence-electron chi connectivity index (χ1n) is 4.88. The molecule has 0 radical (unpaired) electrons. The van der Waals surface area contributed by atoms with Crippen molar-refractivity contribution < 1.29 is 14.6 Å². The van der Waals surface area contributed by atoms with Crippen LogP contribution in [0.2, 0.25) is 10.0 Å². The van der Waals surface area contributed by atoms with Crippen molar-refractivity contribution in [1.29, 1.82) is 0 Å². The van der Waals surface area contributed by atoms with Gasteiger partial charge in [-0.05, 0) is 12.1 Å². The number of hydrogen-bond donors (Lipinski definition) is 1. The van der Waals surface area contributed by atoms with Crippen molar-refractivity contribution in [2.24, 2.45) is 0 Å². The van der Waals surface area contributed by atoms with Crippen LogP contribution in [0.3, 0.4) is 0 Å². The number of aromatic nitrogens is 1. The fourth-order valence-electron chi connectivity index (χ4n) is 1.30. The molecule has 0 unspecified atom stereocenters. The molecule has 0 spiro atoms. The molecule has 92 valence electrons. The fraction of sp³-hybridized carbons (Fsp3) is 0. The van der Waals surface area contributed by atoms with Gasteiger partial charge in [0.2, 0.25) is 0 Å². The Morgan fingerprint density at radius 2 is 2.00 bits per heavy atom. The van der Waals surface area contributed by atoms with Gasteiger partial charge in [0.25, 0.3) is 0 Å². The molecule has 0 saturated carbocycles. The number of halogens is 2. The second-order valence-corrected chi connectivity index (χ2v) is 4.17. The van der Waals surface area contributed by atoms with Crippen molar-refractivity contribution in [1.82, 2.24) is 4.98 Å². The highest BCUT2D eigenvalue weighted by Crippen LogP contribution is 2.30. The standard InChI is InChI=1S/C12H7Cl2NO3/c13-9-2-1-7(5-10(9)14)18-11-3-4-15-6-8(11)12(16)17/h1-6H,(H,16,17). The van der Waals surface area contributed by atoms with Gasteiger partial charge in [0.15, 0.2) is 0 Å². The van der Waals surface area contributed by atoms with E-state index in [0.717, 1.165) is 0 Å². The molecule has 1 N–H and O–H groups in total. The molecule has 18 heavy (non-hydrogen) atoms. The van der Waals surface area contributed by atoms with E-state index in [0.29, 0.717) is 15.8 Å². The van der Waals surface area contributed by atoms with E-state index in [4.69, 9.17) is 33.0 Å². The number of hydrogen-bond acceptors (Lipinski definition) is 3. The van der Waals surface area contributed by atoms with Gasteiger partial charge in [-0.15, -0.1) is 0 Å². The van der Waals surface area contributed by atoms with Crippen molar-refractivity contribution in [3.63, 3.8) is 0 Å². The van der Waals surface area contributed by atoms with Crippen molar-refractivity contribution in [3.05, 3.63) is 52.3 Å². The minimum Gasteiger partial charge on any atom is -0.477 e. The number of carboxylic acid groups (broad SMARTS) is 1. The molecule has 0 saturated heterocycles. The van der Waals surface area contributed by atoms with Crippen LogP contribution in [0, 0.1) is 0 Å². The topological polar surface area (TPSA) is 59.4 Å². The van der Waals surface area contributed by atoms with E-state index in [2.05, 4.69) is 4.98 Å². The van der Waals surface area contributed by atoms with Crippen LogP contribution in [0.25, 0.3) is 0 Å². The molecule has 0 aliphatic rings. The van der Waals surface area contributed by atoms with Gasteiger partial charge in [-0.2, -0.15) is 0 Å². The van der Waals surface area contributed by atoms with Gasteiger partial charge < -0.3 is 9.84 Å². The number of nitrogens with zero attached hydrogens (tertiary/aromatic N) is 1. The number of ether oxygens (including phenoxy) is 1. The Morgan fingerprint density at radius 3 is 2.67 bits per heavy atom. The normalized spacial score (nSPS) is 10.1. The van der Waals surface area contributed by atoms with Crippen LogP contribution in [0.15, 0.2) is 36.7 Å². The Morgan fingerprint density at radius 1 is 1.22 bits per heavy atom. The summed E-state index contributed by atoms with van der Waals surface area (Å²) in [5.41, 5.74) is -0.0245. The highest BCUT2D eigenvalue weighted by atomic mass is 35.5. The lowest BCUT2D eigenvalue weighted by Gasteiger charge is -2.08. The molecular weight excluding hydrogens is 277 g/mol. The van der Waals surface area contributed by atoms with Crippen LogP contribution in [0.1, 0.15) is 10.4 Å². The average Bonchev–Trinajstić information content (AvgIpc) is 2.34. The fourth-order valence-corrected chi connectivity index (χ4v) is 1.59. The molecular formula is C12H7Cl2NO3. The summed E-state index contributed by atoms with van der Waals surface area (Å²) in [6.45, 7) is 0. The summed E-state index contributed by atoms with van der Waals surface area (Å²) in [6.07, 6.45) is 2.66. The van der Waals surface area contributed by atoms with E-state index in [1.54, 1.807) is 12.1 Å². The Hall–Kier alpha value is -1.78. The lowest BCUT2D eigenvalue weighted by atomic mass is 10.2. The zero-order valence-corrected chi connectivity index (χ0v) is 10.4. The third-order valence-corrected chi connectivity index (χ3v) is 2.87. The molecule has 0 aliphatic heterocycles. The van der Waals surface area contributed by atoms with Crippen LogP contribution < -0.4 is 4.74 Å². The quantitative estimate of drug-likeness (QED) is 0.929. The molecule has 2 aromatic rings. The second kappa shape index (κ2) is 5.25. The van der Waals surface area contributed by atoms with E-state index in [1.807, 2.05) is 0 Å². The highest BCUT2D eigenvalue weighted by molar-refractivity contribution is 6.42. The van der Waals surface area contributed by atoms with Crippen molar-refractivity contribution in [3.8, 4) is 11.5 Å². The summed E-state index contributed by atoms with van der Waals surface area (Å²) in [6, 6.07) is 6.14. The van der Waals surface area contributed by atoms with Gasteiger partial charge in [-0.1, -0.05) is 23.2 Å². The first-order chi connectivity index (χ1) is 8.58. The SMILES string of the molecule is O=C(O)c1cnccc1Oc1ccc(Cl)c(Cl)c1. The Bertz CT molecular complexity index is 602. The molecule has 0 atom stereocenters. The lowest BCUT2D eigenvalue weighted by molar-refractivity contribution is 0.0693. The summed E-state index contributed by atoms with van der Waals surface area (Å²) in [5, 5.41) is 9.71. The Labute approximate surface area is 113 Å². The first kappa shape index (κ1) is 12.7. The van der Waals surface area contributed by atoms with Crippen LogP contribution in [0.4, 0.5) is 0 Å². The second-order valence-electron chi connectivity index (χ2n) is 3.35. The zero-order chi connectivity index (χ0) is 13.1. The van der Waals surface area contributed by atoms with Gasteiger partial charge in [-0.3, -0.25) is 4.98 Å². The van der Waals surface area contributed by atoms with E-state index < -0.39 is 5.97 Å². The van der Waals surface area contributed by atoms with E-state index >= 15 is 0 Å². The summed E-state index contributed by atoms with van der Waals surface area (Å²) in [7, 11) is 0. The van der Waals surface area contributed by atoms with Crippen LogP contribution in [-0.4, -0.2) is 16.1 Å². The third-order valence-electron chi connectivity index (χ3n) is 2.13. The number of carboxylic acids is 1. The highest BCUT2D eigenvalue weighted by Gasteiger charge is 2.12. The van der Waals surface area contributed by atoms with E-state index in [-0.39, 0.29) is 11.3 Å². The van der Waals surface area contributed by atoms with Crippen LogP contribution in [0.5, 0.6) is 11.5 Å².